The van der Waals surface area contributed by atoms with Crippen LogP contribution in [0.4, 0.5) is 5.82 Å². The van der Waals surface area contributed by atoms with Crippen LogP contribution in [0.25, 0.3) is 11.0 Å². The third-order valence-electron chi connectivity index (χ3n) is 6.27. The van der Waals surface area contributed by atoms with Crippen molar-refractivity contribution < 1.29 is 33.5 Å². The molecule has 2 fully saturated rings. The van der Waals surface area contributed by atoms with Crippen molar-refractivity contribution in [2.45, 2.75) is 136 Å². The Balaban J connectivity index is 0.000000934. The molecule has 2 aliphatic rings. The molecule has 2 aromatic heterocycles. The van der Waals surface area contributed by atoms with E-state index in [9.17, 15) is 4.79 Å². The van der Waals surface area contributed by atoms with E-state index in [4.69, 9.17) is 40.3 Å². The van der Waals surface area contributed by atoms with Crippen LogP contribution in [-0.2, 0) is 23.3 Å². The average molecular weight is 646 g/mol. The molecule has 0 aromatic carbocycles. The zero-order chi connectivity index (χ0) is 32.2. The lowest BCUT2D eigenvalue weighted by Gasteiger charge is -2.31. The summed E-state index contributed by atoms with van der Waals surface area (Å²) in [4.78, 5) is 23.3. The number of nitrogens with zero attached hydrogens (tertiary/aromatic N) is 5. The lowest BCUT2D eigenvalue weighted by molar-refractivity contribution is -0.127. The first-order valence-electron chi connectivity index (χ1n) is 14.8. The first-order valence-corrected chi connectivity index (χ1v) is 16.6. The van der Waals surface area contributed by atoms with Crippen molar-refractivity contribution in [3.05, 3.63) is 11.5 Å². The molecule has 2 unspecified atom stereocenters. The second-order valence-electron chi connectivity index (χ2n) is 13.5. The summed E-state index contributed by atoms with van der Waals surface area (Å²) in [6, 6.07) is 0.115. The van der Waals surface area contributed by atoms with Gasteiger partial charge < -0.3 is 28.7 Å². The second kappa shape index (κ2) is 14.7. The van der Waals surface area contributed by atoms with E-state index in [0.717, 1.165) is 38.5 Å². The van der Waals surface area contributed by atoms with Crippen LogP contribution in [0.3, 0.4) is 0 Å². The molecule has 2 N–H and O–H groups in total. The van der Waals surface area contributed by atoms with Crippen molar-refractivity contribution in [1.82, 2.24) is 19.7 Å². The van der Waals surface area contributed by atoms with Crippen molar-refractivity contribution >= 4 is 42.7 Å². The summed E-state index contributed by atoms with van der Waals surface area (Å²) < 4.78 is 26.3. The van der Waals surface area contributed by atoms with Gasteiger partial charge in [0.25, 0.3) is 0 Å². The van der Waals surface area contributed by atoms with Crippen LogP contribution in [0, 0.1) is 0 Å². The molecule has 43 heavy (non-hydrogen) atoms. The highest BCUT2D eigenvalue weighted by Gasteiger charge is 2.33. The van der Waals surface area contributed by atoms with Gasteiger partial charge in [0, 0.05) is 13.0 Å². The molecule has 1 aliphatic heterocycles. The van der Waals surface area contributed by atoms with Gasteiger partial charge in [-0.2, -0.15) is 15.1 Å². The Morgan fingerprint density at radius 3 is 2.16 bits per heavy atom. The summed E-state index contributed by atoms with van der Waals surface area (Å²) in [7, 11) is -1.21. The summed E-state index contributed by atoms with van der Waals surface area (Å²) in [6.45, 7) is 16.7. The maximum atomic E-state index is 12.6. The van der Waals surface area contributed by atoms with Gasteiger partial charge in [0.2, 0.25) is 11.2 Å². The monoisotopic (exact) mass is 645 g/mol. The van der Waals surface area contributed by atoms with Gasteiger partial charge in [-0.3, -0.25) is 9.69 Å². The van der Waals surface area contributed by atoms with E-state index in [2.05, 4.69) is 15.1 Å². The van der Waals surface area contributed by atoms with Gasteiger partial charge in [-0.25, -0.2) is 4.68 Å². The van der Waals surface area contributed by atoms with E-state index in [-0.39, 0.29) is 40.8 Å². The van der Waals surface area contributed by atoms with E-state index < -0.39 is 14.2 Å². The quantitative estimate of drug-likeness (QED) is 0.187. The fourth-order valence-corrected chi connectivity index (χ4v) is 6.73. The van der Waals surface area contributed by atoms with Crippen LogP contribution in [0.2, 0.25) is 5.28 Å². The zero-order valence-electron chi connectivity index (χ0n) is 27.0. The molecule has 14 heteroatoms. The number of halogens is 1. The molecule has 3 heterocycles. The predicted octanol–water partition coefficient (Wildman–Crippen LogP) is 6.08. The zero-order valence-corrected chi connectivity index (χ0v) is 28.6. The number of hydrogen-bond acceptors (Lipinski definition) is 10. The summed E-state index contributed by atoms with van der Waals surface area (Å²) in [5.74, 6) is -1.03. The van der Waals surface area contributed by atoms with Crippen LogP contribution < -0.4 is 4.90 Å². The maximum Gasteiger partial charge on any atom is 0.226 e. The van der Waals surface area contributed by atoms with E-state index >= 15 is 0 Å². The minimum Gasteiger partial charge on any atom is -0.369 e. The topological polar surface area (TPSA) is 141 Å². The molecule has 2 aromatic rings. The highest BCUT2D eigenvalue weighted by atomic mass is 35.5. The largest absolute Gasteiger partial charge is 0.369 e. The highest BCUT2D eigenvalue weighted by molar-refractivity contribution is 7.47. The number of anilines is 1. The lowest BCUT2D eigenvalue weighted by atomic mass is 10.2. The molecule has 0 spiro atoms. The van der Waals surface area contributed by atoms with E-state index in [1.807, 2.05) is 41.5 Å². The number of rotatable bonds is 9. The van der Waals surface area contributed by atoms with Gasteiger partial charge in [0.05, 0.1) is 35.5 Å². The number of hydrogen-bond donors (Lipinski definition) is 2. The number of fused-ring (bicyclic) bond motifs is 1. The van der Waals surface area contributed by atoms with Gasteiger partial charge in [0.1, 0.15) is 6.35 Å². The highest BCUT2D eigenvalue weighted by Crippen LogP contribution is 2.46. The Morgan fingerprint density at radius 2 is 1.63 bits per heavy atom. The van der Waals surface area contributed by atoms with Gasteiger partial charge in [-0.05, 0) is 92.7 Å². The number of aromatic nitrogens is 4. The van der Waals surface area contributed by atoms with Gasteiger partial charge in [0.15, 0.2) is 31.9 Å². The molecule has 1 saturated heterocycles. The SMILES string of the molecule is CC(=O)N(c1nc(Cl)nc2c1cnn2C1CCC(COCP(OC(C)(C)C)OC(C)(C)C)O1)C1CCCC1.CC(C)(O)O. The van der Waals surface area contributed by atoms with Gasteiger partial charge >= 0.3 is 0 Å². The first kappa shape index (κ1) is 36.0. The molecule has 2 atom stereocenters. The van der Waals surface area contributed by atoms with Crippen molar-refractivity contribution in [2.75, 3.05) is 17.9 Å². The summed E-state index contributed by atoms with van der Waals surface area (Å²) in [5, 5.41) is 21.5. The lowest BCUT2D eigenvalue weighted by Crippen LogP contribution is -2.38. The van der Waals surface area contributed by atoms with E-state index in [1.165, 1.54) is 13.8 Å². The van der Waals surface area contributed by atoms with E-state index in [1.54, 1.807) is 22.7 Å². The van der Waals surface area contributed by atoms with Crippen LogP contribution in [0.1, 0.15) is 107 Å². The molecule has 4 rings (SSSR count). The average Bonchev–Trinajstić information content (AvgIpc) is 3.56. The van der Waals surface area contributed by atoms with E-state index in [0.29, 0.717) is 29.8 Å². The predicted molar refractivity (Wildman–Crippen MR) is 167 cm³/mol. The Kier molecular flexibility index (Phi) is 12.3. The Morgan fingerprint density at radius 1 is 1.05 bits per heavy atom. The smallest absolute Gasteiger partial charge is 0.226 e. The third kappa shape index (κ3) is 11.7. The number of carbonyl (C=O) groups is 1. The Bertz CT molecular complexity index is 1180. The van der Waals surface area contributed by atoms with Crippen molar-refractivity contribution in [2.24, 2.45) is 0 Å². The minimum atomic E-state index is -1.50. The van der Waals surface area contributed by atoms with Crippen LogP contribution >= 0.6 is 20.0 Å². The molecule has 0 radical (unpaired) electrons. The summed E-state index contributed by atoms with van der Waals surface area (Å²) >= 11 is 6.35. The van der Waals surface area contributed by atoms with Crippen molar-refractivity contribution in [3.8, 4) is 0 Å². The fraction of sp³-hybridized carbons (Fsp3) is 0.793. The molecule has 244 valence electrons. The first-order chi connectivity index (χ1) is 19.8. The third-order valence-corrected chi connectivity index (χ3v) is 8.34. The normalized spacial score (nSPS) is 20.1. The second-order valence-corrected chi connectivity index (χ2v) is 15.1. The number of ether oxygens (including phenoxy) is 2. The molecular weight excluding hydrogens is 597 g/mol. The number of amides is 1. The molecule has 12 nitrogen and oxygen atoms in total. The van der Waals surface area contributed by atoms with Crippen molar-refractivity contribution in [3.63, 3.8) is 0 Å². The summed E-state index contributed by atoms with van der Waals surface area (Å²) in [6.07, 6.45) is 7.35. The van der Waals surface area contributed by atoms with Crippen molar-refractivity contribution in [1.29, 1.82) is 0 Å². The summed E-state index contributed by atoms with van der Waals surface area (Å²) in [5.41, 5.74) is -0.0843. The standard InChI is InChI=1S/C26H41ClN5O5P.C3H8O2/c1-17(33)31(18-10-8-9-11-18)22-20-14-28-32(23(20)30-24(27)29-22)21-13-12-19(35-21)15-34-16-38(36-25(2,3)4)37-26(5,6)7;1-3(2,4)5/h14,18-19,21H,8-13,15-16H2,1-7H3;4-5H,1-2H3. The van der Waals surface area contributed by atoms with Crippen LogP contribution in [0.15, 0.2) is 6.20 Å². The minimum absolute atomic E-state index is 0.0547. The molecular formula is C29H49ClN5O7P. The molecule has 1 saturated carbocycles. The molecule has 0 bridgehead atoms. The fourth-order valence-electron chi connectivity index (χ4n) is 4.95. The van der Waals surface area contributed by atoms with Gasteiger partial charge in [-0.1, -0.05) is 12.8 Å². The van der Waals surface area contributed by atoms with Crippen LogP contribution in [0.5, 0.6) is 0 Å². The maximum absolute atomic E-state index is 12.6. The van der Waals surface area contributed by atoms with Gasteiger partial charge in [-0.15, -0.1) is 0 Å². The Hall–Kier alpha value is -1.50. The van der Waals surface area contributed by atoms with Crippen LogP contribution in [-0.4, -0.2) is 78.0 Å². The molecule has 1 amide bonds. The number of carbonyl (C=O) groups excluding carboxylic acids is 1. The number of aliphatic hydroxyl groups is 2. The molecule has 1 aliphatic carbocycles. The Labute approximate surface area is 261 Å².